The Bertz CT molecular complexity index is 625. The molecule has 4 heteroatoms. The third-order valence-electron chi connectivity index (χ3n) is 7.38. The highest BCUT2D eigenvalue weighted by molar-refractivity contribution is 5.79. The maximum atomic E-state index is 12.7. The molecule has 132 valence electrons. The van der Waals surface area contributed by atoms with Crippen molar-refractivity contribution in [3.05, 3.63) is 17.0 Å². The minimum absolute atomic E-state index is 0.164. The van der Waals surface area contributed by atoms with Gasteiger partial charge in [0.2, 0.25) is 5.91 Å². The highest BCUT2D eigenvalue weighted by Crippen LogP contribution is 2.61. The third-order valence-corrected chi connectivity index (χ3v) is 7.38. The van der Waals surface area contributed by atoms with Crippen molar-refractivity contribution in [1.82, 2.24) is 15.1 Å². The van der Waals surface area contributed by atoms with Gasteiger partial charge in [0.1, 0.15) is 0 Å². The zero-order chi connectivity index (χ0) is 17.1. The lowest BCUT2D eigenvalue weighted by Crippen LogP contribution is -2.56. The molecule has 0 saturated heterocycles. The van der Waals surface area contributed by atoms with Gasteiger partial charge < -0.3 is 5.32 Å². The first-order valence-corrected chi connectivity index (χ1v) is 9.65. The summed E-state index contributed by atoms with van der Waals surface area (Å²) < 4.78 is 1.88. The van der Waals surface area contributed by atoms with E-state index in [4.69, 9.17) is 0 Å². The standard InChI is InChI=1S/C20H31N3O/c1-12-18(13(2)23(4)22-12)8-19(24)21-14(3)20-9-15-5-16(10-20)7-17(6-15)11-20/h14-17H,5-11H2,1-4H3,(H,21,24)/t14-,15?,16?,17?,20?/m1/s1. The first-order chi connectivity index (χ1) is 11.4. The predicted octanol–water partition coefficient (Wildman–Crippen LogP) is 3.30. The van der Waals surface area contributed by atoms with E-state index >= 15 is 0 Å². The van der Waals surface area contributed by atoms with Crippen molar-refractivity contribution in [2.75, 3.05) is 0 Å². The van der Waals surface area contributed by atoms with Crippen LogP contribution in [0.2, 0.25) is 0 Å². The molecule has 5 rings (SSSR count). The molecule has 1 N–H and O–H groups in total. The molecule has 0 aromatic carbocycles. The molecule has 0 aliphatic heterocycles. The molecule has 1 heterocycles. The van der Waals surface area contributed by atoms with E-state index in [1.165, 1.54) is 38.5 Å². The number of carbonyl (C=O) groups excluding carboxylic acids is 1. The monoisotopic (exact) mass is 329 g/mol. The molecule has 0 unspecified atom stereocenters. The van der Waals surface area contributed by atoms with Gasteiger partial charge in [0.15, 0.2) is 0 Å². The Balaban J connectivity index is 1.44. The Morgan fingerprint density at radius 3 is 2.21 bits per heavy atom. The Labute approximate surface area is 145 Å². The normalized spacial score (nSPS) is 35.2. The maximum absolute atomic E-state index is 12.7. The molecule has 4 nitrogen and oxygen atoms in total. The van der Waals surface area contributed by atoms with Crippen molar-refractivity contribution in [2.45, 2.75) is 71.8 Å². The number of rotatable bonds is 4. The van der Waals surface area contributed by atoms with E-state index in [2.05, 4.69) is 17.3 Å². The molecule has 4 aliphatic rings. The van der Waals surface area contributed by atoms with Crippen LogP contribution >= 0.6 is 0 Å². The summed E-state index contributed by atoms with van der Waals surface area (Å²) in [4.78, 5) is 12.7. The number of hydrogen-bond acceptors (Lipinski definition) is 2. The SMILES string of the molecule is Cc1nn(C)c(C)c1CC(=O)N[C@H](C)C12CC3CC(CC(C3)C1)C2. The summed E-state index contributed by atoms with van der Waals surface area (Å²) in [6.07, 6.45) is 8.83. The lowest BCUT2D eigenvalue weighted by atomic mass is 9.48. The van der Waals surface area contributed by atoms with Crippen LogP contribution in [0.3, 0.4) is 0 Å². The van der Waals surface area contributed by atoms with Crippen molar-refractivity contribution >= 4 is 5.91 Å². The Kier molecular flexibility index (Phi) is 3.77. The summed E-state index contributed by atoms with van der Waals surface area (Å²) in [6.45, 7) is 6.30. The number of carbonyl (C=O) groups is 1. The van der Waals surface area contributed by atoms with Gasteiger partial charge in [-0.2, -0.15) is 5.10 Å². The predicted molar refractivity (Wildman–Crippen MR) is 94.6 cm³/mol. The van der Waals surface area contributed by atoms with Crippen molar-refractivity contribution in [1.29, 1.82) is 0 Å². The number of nitrogens with zero attached hydrogens (tertiary/aromatic N) is 2. The lowest BCUT2D eigenvalue weighted by molar-refractivity contribution is -0.125. The second-order valence-electron chi connectivity index (χ2n) is 9.02. The van der Waals surface area contributed by atoms with Crippen molar-refractivity contribution < 1.29 is 4.79 Å². The summed E-state index contributed by atoms with van der Waals surface area (Å²) in [7, 11) is 1.95. The number of aromatic nitrogens is 2. The van der Waals surface area contributed by atoms with Gasteiger partial charge >= 0.3 is 0 Å². The van der Waals surface area contributed by atoms with Crippen LogP contribution in [0.25, 0.3) is 0 Å². The van der Waals surface area contributed by atoms with Gasteiger partial charge in [-0.05, 0) is 82.5 Å². The van der Waals surface area contributed by atoms with Gasteiger partial charge in [0.05, 0.1) is 12.1 Å². The average molecular weight is 329 g/mol. The average Bonchev–Trinajstić information content (AvgIpc) is 2.72. The number of hydrogen-bond donors (Lipinski definition) is 1. The molecule has 0 spiro atoms. The van der Waals surface area contributed by atoms with E-state index in [0.717, 1.165) is 34.7 Å². The second kappa shape index (κ2) is 5.60. The fraction of sp³-hybridized carbons (Fsp3) is 0.800. The Morgan fingerprint density at radius 2 is 1.75 bits per heavy atom. The summed E-state index contributed by atoms with van der Waals surface area (Å²) in [5.41, 5.74) is 3.55. The number of amides is 1. The van der Waals surface area contributed by atoms with E-state index < -0.39 is 0 Å². The second-order valence-corrected chi connectivity index (χ2v) is 9.02. The van der Waals surface area contributed by atoms with Crippen LogP contribution in [0.15, 0.2) is 0 Å². The molecule has 1 aromatic heterocycles. The summed E-state index contributed by atoms with van der Waals surface area (Å²) in [5, 5.41) is 7.81. The largest absolute Gasteiger partial charge is 0.353 e. The summed E-state index contributed by atoms with van der Waals surface area (Å²) >= 11 is 0. The lowest BCUT2D eigenvalue weighted by Gasteiger charge is -2.59. The summed E-state index contributed by atoms with van der Waals surface area (Å²) in [6, 6.07) is 0.302. The van der Waals surface area contributed by atoms with Crippen LogP contribution in [0.4, 0.5) is 0 Å². The number of nitrogens with one attached hydrogen (secondary N) is 1. The van der Waals surface area contributed by atoms with E-state index in [-0.39, 0.29) is 5.91 Å². The van der Waals surface area contributed by atoms with Crippen LogP contribution in [0, 0.1) is 37.0 Å². The van der Waals surface area contributed by atoms with Crippen LogP contribution in [0.5, 0.6) is 0 Å². The smallest absolute Gasteiger partial charge is 0.224 e. The fourth-order valence-electron chi connectivity index (χ4n) is 6.39. The minimum Gasteiger partial charge on any atom is -0.353 e. The molecular formula is C20H31N3O. The molecule has 24 heavy (non-hydrogen) atoms. The molecule has 1 aromatic rings. The fourth-order valence-corrected chi connectivity index (χ4v) is 6.39. The van der Waals surface area contributed by atoms with Crippen LogP contribution < -0.4 is 5.32 Å². The molecule has 4 aliphatic carbocycles. The van der Waals surface area contributed by atoms with E-state index in [1.54, 1.807) is 0 Å². The number of aryl methyl sites for hydroxylation is 2. The Hall–Kier alpha value is -1.32. The highest BCUT2D eigenvalue weighted by atomic mass is 16.1. The zero-order valence-corrected chi connectivity index (χ0v) is 15.6. The summed E-state index contributed by atoms with van der Waals surface area (Å²) in [5.74, 6) is 2.95. The van der Waals surface area contributed by atoms with Crippen LogP contribution in [0.1, 0.15) is 62.4 Å². The van der Waals surface area contributed by atoms with E-state index in [1.807, 2.05) is 25.6 Å². The molecule has 1 atom stereocenters. The first-order valence-electron chi connectivity index (χ1n) is 9.65. The van der Waals surface area contributed by atoms with E-state index in [9.17, 15) is 4.79 Å². The van der Waals surface area contributed by atoms with Gasteiger partial charge in [0, 0.05) is 24.3 Å². The van der Waals surface area contributed by atoms with Gasteiger partial charge in [-0.15, -0.1) is 0 Å². The quantitative estimate of drug-likeness (QED) is 0.921. The molecule has 0 radical (unpaired) electrons. The topological polar surface area (TPSA) is 46.9 Å². The van der Waals surface area contributed by atoms with Gasteiger partial charge in [-0.25, -0.2) is 0 Å². The van der Waals surface area contributed by atoms with Crippen molar-refractivity contribution in [3.63, 3.8) is 0 Å². The molecule has 1 amide bonds. The highest BCUT2D eigenvalue weighted by Gasteiger charge is 2.53. The molecule has 4 fully saturated rings. The van der Waals surface area contributed by atoms with Crippen molar-refractivity contribution in [3.8, 4) is 0 Å². The van der Waals surface area contributed by atoms with E-state index in [0.29, 0.717) is 17.9 Å². The van der Waals surface area contributed by atoms with Gasteiger partial charge in [0.25, 0.3) is 0 Å². The van der Waals surface area contributed by atoms with Crippen LogP contribution in [-0.2, 0) is 18.3 Å². The van der Waals surface area contributed by atoms with Crippen LogP contribution in [-0.4, -0.2) is 21.7 Å². The molecule has 4 saturated carbocycles. The molecule has 4 bridgehead atoms. The third kappa shape index (κ3) is 2.58. The zero-order valence-electron chi connectivity index (χ0n) is 15.6. The Morgan fingerprint density at radius 1 is 1.21 bits per heavy atom. The first kappa shape index (κ1) is 16.2. The van der Waals surface area contributed by atoms with Gasteiger partial charge in [-0.3, -0.25) is 9.48 Å². The van der Waals surface area contributed by atoms with Gasteiger partial charge in [-0.1, -0.05) is 0 Å². The molecular weight excluding hydrogens is 298 g/mol. The maximum Gasteiger partial charge on any atom is 0.224 e. The van der Waals surface area contributed by atoms with Crippen molar-refractivity contribution in [2.24, 2.45) is 30.2 Å². The minimum atomic E-state index is 0.164.